The molecule has 3 aromatic rings. The van der Waals surface area contributed by atoms with Crippen molar-refractivity contribution in [3.63, 3.8) is 0 Å². The standard InChI is InChI=1S/C56H72N2O12Si/c1-34-39(65-51(62)45(70-71(9,10)52(3,4)5)43(36-21-14-11-15-22-36)57-49(60)37-23-16-12-17-24-37)31-56(63)48(68-50(61)38-25-18-13-19-26-38)46-54(8,28-27-40-55(46,33-64-40)69-35(2)59)47-44(42(34)53(56,6)7)66-41(67-47)32-58-29-20-30-58/h11-19,21-26,39-41,43-48,63H,20,27-33H2,1-10H3,(H,57,60)/t39-,40+,41+,43-,44+,45+,46-,47+,48-,54+,55-,56+/m0/s1. The van der Waals surface area contributed by atoms with Gasteiger partial charge in [-0.1, -0.05) is 108 Å². The number of ether oxygens (including phenoxy) is 6. The van der Waals surface area contributed by atoms with Crippen molar-refractivity contribution >= 4 is 32.1 Å². The molecule has 2 saturated carbocycles. The molecule has 382 valence electrons. The van der Waals surface area contributed by atoms with Gasteiger partial charge in [0, 0.05) is 36.3 Å². The third-order valence-corrected chi connectivity index (χ3v) is 21.9. The Kier molecular flexibility index (Phi) is 13.7. The van der Waals surface area contributed by atoms with Crippen LogP contribution in [0.3, 0.4) is 0 Å². The number of esters is 3. The number of hydrogen-bond donors (Lipinski definition) is 2. The Morgan fingerprint density at radius 2 is 1.51 bits per heavy atom. The fourth-order valence-corrected chi connectivity index (χ4v) is 13.5. The summed E-state index contributed by atoms with van der Waals surface area (Å²) >= 11 is 0. The summed E-state index contributed by atoms with van der Waals surface area (Å²) < 4.78 is 47.8. The van der Waals surface area contributed by atoms with E-state index in [1.54, 1.807) is 54.6 Å². The molecule has 3 aliphatic carbocycles. The van der Waals surface area contributed by atoms with Gasteiger partial charge in [-0.05, 0) is 98.4 Å². The SMILES string of the molecule is CC(=O)O[C@@]12CO[C@@H]1CC[C@@]1(C)[C@@H]3O[C@H](CN4CCC4)O[C@@H]3C3=C(C)[C@@H](OC(=O)[C@H](O[Si](C)(C)C(C)(C)C)[C@@H](NC(=O)c4ccccc4)c4ccccc4)C[C@@](O)([C@@H](OC(=O)c4ccccc4)[C@@H]12)C3(C)C. The fourth-order valence-electron chi connectivity index (χ4n) is 12.3. The van der Waals surface area contributed by atoms with Gasteiger partial charge < -0.3 is 43.3 Å². The molecule has 3 aromatic carbocycles. The summed E-state index contributed by atoms with van der Waals surface area (Å²) in [7, 11) is -2.84. The molecule has 3 saturated heterocycles. The number of carbonyl (C=O) groups excluding carboxylic acids is 4. The van der Waals surface area contributed by atoms with E-state index in [0.29, 0.717) is 41.7 Å². The lowest BCUT2D eigenvalue weighted by atomic mass is 9.45. The van der Waals surface area contributed by atoms with Crippen molar-refractivity contribution in [2.45, 2.75) is 159 Å². The highest BCUT2D eigenvalue weighted by atomic mass is 28.4. The second-order valence-electron chi connectivity index (χ2n) is 23.1. The minimum atomic E-state index is -2.84. The molecule has 2 bridgehead atoms. The summed E-state index contributed by atoms with van der Waals surface area (Å²) in [4.78, 5) is 60.2. The number of rotatable bonds is 13. The Labute approximate surface area is 419 Å². The van der Waals surface area contributed by atoms with Crippen molar-refractivity contribution in [1.29, 1.82) is 0 Å². The van der Waals surface area contributed by atoms with Crippen molar-refractivity contribution < 1.29 is 57.1 Å². The third kappa shape index (κ3) is 9.01. The molecular formula is C56H72N2O12Si. The quantitative estimate of drug-likeness (QED) is 0.0730. The molecule has 2 N–H and O–H groups in total. The first kappa shape index (κ1) is 51.2. The van der Waals surface area contributed by atoms with Crippen molar-refractivity contribution in [1.82, 2.24) is 10.2 Å². The van der Waals surface area contributed by atoms with Crippen LogP contribution in [0.2, 0.25) is 18.1 Å². The second kappa shape index (κ2) is 18.9. The van der Waals surface area contributed by atoms with Gasteiger partial charge in [-0.3, -0.25) is 14.5 Å². The van der Waals surface area contributed by atoms with Crippen molar-refractivity contribution in [3.05, 3.63) is 119 Å². The maximum absolute atomic E-state index is 15.7. The Morgan fingerprint density at radius 3 is 2.07 bits per heavy atom. The number of nitrogens with one attached hydrogen (secondary N) is 1. The number of benzene rings is 3. The summed E-state index contributed by atoms with van der Waals surface area (Å²) in [5.41, 5.74) is -2.90. The average molecular weight is 993 g/mol. The van der Waals surface area contributed by atoms with Crippen LogP contribution in [0.1, 0.15) is 113 Å². The van der Waals surface area contributed by atoms with Gasteiger partial charge in [-0.15, -0.1) is 0 Å². The Morgan fingerprint density at radius 1 is 0.887 bits per heavy atom. The van der Waals surface area contributed by atoms with Crippen molar-refractivity contribution in [2.24, 2.45) is 16.7 Å². The molecule has 9 rings (SSSR count). The number of likely N-dealkylation sites (tertiary alicyclic amines) is 1. The molecule has 0 aromatic heterocycles. The Hall–Kier alpha value is -4.74. The van der Waals surface area contributed by atoms with Crippen LogP contribution in [0.15, 0.2) is 102 Å². The van der Waals surface area contributed by atoms with E-state index < -0.39 is 109 Å². The van der Waals surface area contributed by atoms with E-state index in [1.807, 2.05) is 70.3 Å². The highest BCUT2D eigenvalue weighted by Gasteiger charge is 2.77. The monoisotopic (exact) mass is 992 g/mol. The van der Waals surface area contributed by atoms with E-state index in [0.717, 1.165) is 19.5 Å². The predicted molar refractivity (Wildman–Crippen MR) is 266 cm³/mol. The number of carbonyl (C=O) groups is 4. The van der Waals surface area contributed by atoms with E-state index in [-0.39, 0.29) is 23.6 Å². The first-order chi connectivity index (χ1) is 33.5. The van der Waals surface area contributed by atoms with Crippen LogP contribution in [0.4, 0.5) is 0 Å². The number of fused-ring (bicyclic) bond motifs is 8. The first-order valence-corrected chi connectivity index (χ1v) is 28.2. The lowest BCUT2D eigenvalue weighted by Crippen LogP contribution is -2.79. The maximum atomic E-state index is 15.7. The van der Waals surface area contributed by atoms with Gasteiger partial charge in [-0.25, -0.2) is 9.59 Å². The van der Waals surface area contributed by atoms with Crippen LogP contribution in [0.25, 0.3) is 0 Å². The number of aliphatic hydroxyl groups is 1. The number of nitrogens with zero attached hydrogens (tertiary/aromatic N) is 1. The highest BCUT2D eigenvalue weighted by molar-refractivity contribution is 6.74. The van der Waals surface area contributed by atoms with E-state index in [1.165, 1.54) is 6.92 Å². The topological polar surface area (TPSA) is 168 Å². The molecule has 14 nitrogen and oxygen atoms in total. The smallest absolute Gasteiger partial charge is 0.338 e. The van der Waals surface area contributed by atoms with Gasteiger partial charge >= 0.3 is 17.9 Å². The normalized spacial score (nSPS) is 33.0. The summed E-state index contributed by atoms with van der Waals surface area (Å²) in [5.74, 6) is -3.26. The zero-order valence-electron chi connectivity index (χ0n) is 42.9. The van der Waals surface area contributed by atoms with E-state index >= 15 is 4.79 Å². The van der Waals surface area contributed by atoms with Crippen molar-refractivity contribution in [3.8, 4) is 0 Å². The molecule has 6 aliphatic rings. The molecule has 3 aliphatic heterocycles. The molecule has 71 heavy (non-hydrogen) atoms. The van der Waals surface area contributed by atoms with Crippen LogP contribution < -0.4 is 5.32 Å². The van der Waals surface area contributed by atoms with Crippen LogP contribution in [0, 0.1) is 16.7 Å². The lowest BCUT2D eigenvalue weighted by Gasteiger charge is -2.68. The summed E-state index contributed by atoms with van der Waals surface area (Å²) in [6, 6.07) is 25.7. The molecule has 12 atom stereocenters. The molecule has 15 heteroatoms. The number of hydrogen-bond acceptors (Lipinski definition) is 13. The summed E-state index contributed by atoms with van der Waals surface area (Å²) in [6.07, 6.45) is -4.69. The third-order valence-electron chi connectivity index (χ3n) is 17.4. The van der Waals surface area contributed by atoms with Crippen LogP contribution in [0.5, 0.6) is 0 Å². The zero-order chi connectivity index (χ0) is 50.9. The van der Waals surface area contributed by atoms with Gasteiger partial charge in [0.15, 0.2) is 26.3 Å². The lowest BCUT2D eigenvalue weighted by molar-refractivity contribution is -0.345. The first-order valence-electron chi connectivity index (χ1n) is 25.3. The minimum Gasteiger partial charge on any atom is -0.456 e. The van der Waals surface area contributed by atoms with Crippen LogP contribution in [-0.4, -0.2) is 122 Å². The van der Waals surface area contributed by atoms with Crippen LogP contribution >= 0.6 is 0 Å². The van der Waals surface area contributed by atoms with Gasteiger partial charge in [-0.2, -0.15) is 0 Å². The van der Waals surface area contributed by atoms with Crippen molar-refractivity contribution in [2.75, 3.05) is 26.2 Å². The Bertz CT molecular complexity index is 2510. The highest BCUT2D eigenvalue weighted by Crippen LogP contribution is 2.67. The van der Waals surface area contributed by atoms with E-state index in [9.17, 15) is 19.5 Å². The van der Waals surface area contributed by atoms with Gasteiger partial charge in [0.2, 0.25) is 0 Å². The molecule has 3 heterocycles. The molecule has 0 spiro atoms. The maximum Gasteiger partial charge on any atom is 0.338 e. The largest absolute Gasteiger partial charge is 0.456 e. The van der Waals surface area contributed by atoms with Gasteiger partial charge in [0.05, 0.1) is 30.2 Å². The minimum absolute atomic E-state index is 0.00499. The average Bonchev–Trinajstić information content (AvgIpc) is 3.73. The Balaban J connectivity index is 1.21. The van der Waals surface area contributed by atoms with E-state index in [2.05, 4.69) is 37.9 Å². The molecular weight excluding hydrogens is 921 g/mol. The number of amides is 1. The molecule has 5 fully saturated rings. The van der Waals surface area contributed by atoms with E-state index in [4.69, 9.17) is 32.8 Å². The fraction of sp³-hybridized carbons (Fsp3) is 0.571. The second-order valence-corrected chi connectivity index (χ2v) is 27.8. The van der Waals surface area contributed by atoms with Gasteiger partial charge in [0.1, 0.15) is 30.0 Å². The van der Waals surface area contributed by atoms with Crippen LogP contribution in [-0.2, 0) is 42.4 Å². The molecule has 0 unspecified atom stereocenters. The zero-order valence-corrected chi connectivity index (χ0v) is 43.9. The summed E-state index contributed by atoms with van der Waals surface area (Å²) in [5, 5.41) is 17.1. The molecule has 0 radical (unpaired) electrons. The molecule has 1 amide bonds. The van der Waals surface area contributed by atoms with Gasteiger partial charge in [0.25, 0.3) is 5.91 Å². The summed E-state index contributed by atoms with van der Waals surface area (Å²) in [6.45, 7) is 21.8. The predicted octanol–water partition coefficient (Wildman–Crippen LogP) is 8.11.